The number of nitrogens with two attached hydrogens (primary N) is 1. The van der Waals surface area contributed by atoms with Crippen molar-refractivity contribution in [2.45, 2.75) is 0 Å². The molecule has 0 aliphatic carbocycles. The largest absolute Gasteiger partial charge is 0.375 e. The van der Waals surface area contributed by atoms with Gasteiger partial charge in [-0.2, -0.15) is 8.42 Å². The zero-order valence-corrected chi connectivity index (χ0v) is 6.50. The summed E-state index contributed by atoms with van der Waals surface area (Å²) in [5.74, 6) is 0. The highest BCUT2D eigenvalue weighted by molar-refractivity contribution is 7.84. The molecule has 0 aliphatic heterocycles. The van der Waals surface area contributed by atoms with Crippen molar-refractivity contribution >= 4 is 27.6 Å². The van der Waals surface area contributed by atoms with Crippen molar-refractivity contribution in [3.05, 3.63) is 0 Å². The predicted molar refractivity (Wildman–Crippen MR) is 39.6 cm³/mol. The number of rotatable bonds is 2. The quantitative estimate of drug-likeness (QED) is 0.197. The van der Waals surface area contributed by atoms with Crippen LogP contribution in [0.4, 0.5) is 0 Å². The third kappa shape index (κ3) is 10.5. The van der Waals surface area contributed by atoms with Crippen molar-refractivity contribution in [3.8, 4) is 0 Å². The normalized spacial score (nSPS) is 9.70. The molecule has 8 N–H and O–H groups in total. The minimum Gasteiger partial charge on any atom is -0.375 e. The zero-order chi connectivity index (χ0) is 7.49. The van der Waals surface area contributed by atoms with Crippen molar-refractivity contribution in [2.75, 3.05) is 0 Å². The van der Waals surface area contributed by atoms with E-state index in [-0.39, 0.29) is 11.3 Å². The fourth-order valence-electron chi connectivity index (χ4n) is 0.115. The fourth-order valence-corrected chi connectivity index (χ4v) is 0.469. The van der Waals surface area contributed by atoms with Crippen LogP contribution < -0.4 is 22.1 Å². The van der Waals surface area contributed by atoms with E-state index >= 15 is 0 Å². The third-order valence-electron chi connectivity index (χ3n) is 0.303. The molecule has 0 saturated heterocycles. The van der Waals surface area contributed by atoms with E-state index in [4.69, 9.17) is 10.3 Å². The Labute approximate surface area is 63.4 Å². The first-order chi connectivity index (χ1) is 3.92. The zero-order valence-electron chi connectivity index (χ0n) is 4.86. The molecule has 7 nitrogen and oxygen atoms in total. The molecular formula is CH8N4O3S2. The molecule has 62 valence electrons. The molecule has 0 aromatic carbocycles. The molecule has 0 aromatic heterocycles. The summed E-state index contributed by atoms with van der Waals surface area (Å²) in [6, 6.07) is 0. The Hall–Kier alpha value is -0.480. The van der Waals surface area contributed by atoms with Crippen LogP contribution in [-0.2, 0) is 10.3 Å². The number of nitrogens with one attached hydrogen (secondary N) is 2. The first-order valence-electron chi connectivity index (χ1n) is 1.71. The van der Waals surface area contributed by atoms with E-state index in [0.717, 1.165) is 0 Å². The first-order valence-corrected chi connectivity index (χ1v) is 3.56. The van der Waals surface area contributed by atoms with Crippen LogP contribution in [0.1, 0.15) is 0 Å². The number of hydrogen-bond acceptors (Lipinski definition) is 4. The smallest absolute Gasteiger partial charge is 0.350 e. The van der Waals surface area contributed by atoms with Crippen LogP contribution in [0.25, 0.3) is 0 Å². The van der Waals surface area contributed by atoms with E-state index in [0.29, 0.717) is 0 Å². The van der Waals surface area contributed by atoms with Gasteiger partial charge in [0, 0.05) is 0 Å². The van der Waals surface area contributed by atoms with Crippen molar-refractivity contribution in [1.82, 2.24) is 16.4 Å². The minimum atomic E-state index is -4.25. The van der Waals surface area contributed by atoms with Crippen molar-refractivity contribution in [3.63, 3.8) is 0 Å². The third-order valence-corrected chi connectivity index (χ3v) is 0.765. The van der Waals surface area contributed by atoms with E-state index in [1.54, 1.807) is 5.43 Å². The number of hydrazine groups is 1. The van der Waals surface area contributed by atoms with Crippen LogP contribution in [0.15, 0.2) is 0 Å². The maximum atomic E-state index is 9.80. The lowest BCUT2D eigenvalue weighted by Crippen LogP contribution is -2.43. The van der Waals surface area contributed by atoms with Gasteiger partial charge in [0.2, 0.25) is 0 Å². The maximum absolute atomic E-state index is 9.80. The van der Waals surface area contributed by atoms with Crippen LogP contribution in [0.2, 0.25) is 0 Å². The highest BCUT2D eigenvalue weighted by atomic mass is 32.2. The van der Waals surface area contributed by atoms with Gasteiger partial charge in [0.1, 0.15) is 0 Å². The van der Waals surface area contributed by atoms with Gasteiger partial charge in [-0.3, -0.25) is 9.98 Å². The molecule has 0 unspecified atom stereocenters. The Kier molecular flexibility index (Phi) is 5.32. The van der Waals surface area contributed by atoms with E-state index in [9.17, 15) is 8.42 Å². The van der Waals surface area contributed by atoms with Crippen LogP contribution >= 0.6 is 12.2 Å². The fraction of sp³-hybridized carbons (Fsp3) is 0. The number of thiocarbonyl (C=S) groups is 1. The lowest BCUT2D eigenvalue weighted by atomic mass is 11.2. The average Bonchev–Trinajstić information content (AvgIpc) is 1.59. The van der Waals surface area contributed by atoms with Crippen molar-refractivity contribution in [2.24, 2.45) is 5.73 Å². The molecule has 0 rings (SSSR count). The van der Waals surface area contributed by atoms with Crippen molar-refractivity contribution in [1.29, 1.82) is 0 Å². The maximum Gasteiger partial charge on any atom is 0.350 e. The molecule has 0 heterocycles. The lowest BCUT2D eigenvalue weighted by molar-refractivity contribution is 0.464. The average molecular weight is 188 g/mol. The minimum absolute atomic E-state index is 0. The van der Waals surface area contributed by atoms with Gasteiger partial charge in [-0.15, -0.1) is 4.83 Å². The second-order valence-electron chi connectivity index (χ2n) is 1.07. The molecule has 0 aliphatic rings. The molecule has 0 amide bonds. The lowest BCUT2D eigenvalue weighted by Gasteiger charge is -1.99. The van der Waals surface area contributed by atoms with E-state index < -0.39 is 10.3 Å². The van der Waals surface area contributed by atoms with Crippen LogP contribution in [0.5, 0.6) is 0 Å². The molecule has 0 atom stereocenters. The Morgan fingerprint density at radius 3 is 2.10 bits per heavy atom. The Morgan fingerprint density at radius 1 is 1.60 bits per heavy atom. The second kappa shape index (κ2) is 4.35. The summed E-state index contributed by atoms with van der Waals surface area (Å²) in [7, 11) is -4.25. The highest BCUT2D eigenvalue weighted by Crippen LogP contribution is 1.64. The molecule has 0 radical (unpaired) electrons. The van der Waals surface area contributed by atoms with Gasteiger partial charge >= 0.3 is 10.3 Å². The van der Waals surface area contributed by atoms with Gasteiger partial charge in [-0.05, 0) is 12.2 Å². The summed E-state index contributed by atoms with van der Waals surface area (Å²) in [4.78, 5) is 1.43. The van der Waals surface area contributed by atoms with E-state index in [2.05, 4.69) is 12.2 Å². The van der Waals surface area contributed by atoms with Gasteiger partial charge in [0.25, 0.3) is 0 Å². The van der Waals surface area contributed by atoms with E-state index in [1.165, 1.54) is 4.83 Å². The van der Waals surface area contributed by atoms with Gasteiger partial charge in [-0.25, -0.2) is 0 Å². The first kappa shape index (κ1) is 12.2. The summed E-state index contributed by atoms with van der Waals surface area (Å²) in [6.07, 6.45) is 0. The SMILES string of the molecule is N.NC(=S)NNS(=O)(=O)O. The topological polar surface area (TPSA) is 139 Å². The predicted octanol–water partition coefficient (Wildman–Crippen LogP) is -1.71. The molecule has 0 fully saturated rings. The summed E-state index contributed by atoms with van der Waals surface area (Å²) >= 11 is 4.19. The molecule has 0 bridgehead atoms. The Bertz CT molecular complexity index is 197. The second-order valence-corrected chi connectivity index (χ2v) is 2.66. The van der Waals surface area contributed by atoms with Crippen LogP contribution in [-0.4, -0.2) is 18.1 Å². The molecule has 0 spiro atoms. The number of hydrogen-bond donors (Lipinski definition) is 5. The molecule has 0 saturated carbocycles. The summed E-state index contributed by atoms with van der Waals surface area (Å²) in [5.41, 5.74) is 6.59. The van der Waals surface area contributed by atoms with Crippen LogP contribution in [0, 0.1) is 0 Å². The molecular weight excluding hydrogens is 180 g/mol. The molecule has 10 heavy (non-hydrogen) atoms. The van der Waals surface area contributed by atoms with E-state index in [1.807, 2.05) is 0 Å². The summed E-state index contributed by atoms with van der Waals surface area (Å²) in [6.45, 7) is 0. The summed E-state index contributed by atoms with van der Waals surface area (Å²) < 4.78 is 27.6. The molecule has 9 heteroatoms. The van der Waals surface area contributed by atoms with Crippen molar-refractivity contribution < 1.29 is 13.0 Å². The van der Waals surface area contributed by atoms with Gasteiger partial charge < -0.3 is 11.9 Å². The Morgan fingerprint density at radius 2 is 2.00 bits per heavy atom. The standard InChI is InChI=1S/CH5N3O3S2.H3N/c2-1(8)3-4-9(5,6)7;/h4H,(H3,2,3,8)(H,5,6,7);1H3. The molecule has 0 aromatic rings. The van der Waals surface area contributed by atoms with Gasteiger partial charge in [-0.1, -0.05) is 0 Å². The summed E-state index contributed by atoms with van der Waals surface area (Å²) in [5, 5.41) is -0.271. The van der Waals surface area contributed by atoms with Gasteiger partial charge in [0.05, 0.1) is 0 Å². The monoisotopic (exact) mass is 188 g/mol. The highest BCUT2D eigenvalue weighted by Gasteiger charge is 1.99. The van der Waals surface area contributed by atoms with Gasteiger partial charge in [0.15, 0.2) is 5.11 Å². The Balaban J connectivity index is 0. The van der Waals surface area contributed by atoms with Crippen LogP contribution in [0.3, 0.4) is 0 Å².